The molecule has 1 fully saturated rings. The fourth-order valence-corrected chi connectivity index (χ4v) is 3.65. The third-order valence-electron chi connectivity index (χ3n) is 2.71. The van der Waals surface area contributed by atoms with Crippen LogP contribution in [0.5, 0.6) is 0 Å². The molecule has 0 aromatic heterocycles. The minimum absolute atomic E-state index is 0.0492. The van der Waals surface area contributed by atoms with Crippen molar-refractivity contribution in [3.05, 3.63) is 29.3 Å². The highest BCUT2D eigenvalue weighted by molar-refractivity contribution is 7.91. The summed E-state index contributed by atoms with van der Waals surface area (Å²) in [4.78, 5) is 11.8. The molecular weight excluding hydrogens is 262 g/mol. The average molecular weight is 274 g/mol. The SMILES string of the molecule is O=C(Nc1ccc(Cl)cc1)[C@H]1CCS(=O)(=O)C1. The number of hydrogen-bond acceptors (Lipinski definition) is 3. The molecule has 1 aromatic carbocycles. The Morgan fingerprint density at radius 2 is 1.94 bits per heavy atom. The Bertz CT molecular complexity index is 524. The number of hydrogen-bond donors (Lipinski definition) is 1. The van der Waals surface area contributed by atoms with Gasteiger partial charge in [-0.3, -0.25) is 4.79 Å². The van der Waals surface area contributed by atoms with Crippen LogP contribution in [0.2, 0.25) is 5.02 Å². The molecule has 1 saturated heterocycles. The topological polar surface area (TPSA) is 63.2 Å². The summed E-state index contributed by atoms with van der Waals surface area (Å²) in [5, 5.41) is 3.28. The first-order valence-electron chi connectivity index (χ1n) is 5.23. The second-order valence-electron chi connectivity index (χ2n) is 4.10. The maximum atomic E-state index is 11.8. The maximum absolute atomic E-state index is 11.8. The van der Waals surface area contributed by atoms with Crippen molar-refractivity contribution in [1.29, 1.82) is 0 Å². The van der Waals surface area contributed by atoms with E-state index in [1.807, 2.05) is 0 Å². The van der Waals surface area contributed by atoms with Gasteiger partial charge in [-0.05, 0) is 30.7 Å². The normalized spacial score (nSPS) is 22.3. The molecule has 1 N–H and O–H groups in total. The van der Waals surface area contributed by atoms with E-state index in [1.165, 1.54) is 0 Å². The van der Waals surface area contributed by atoms with Crippen LogP contribution in [0.1, 0.15) is 6.42 Å². The van der Waals surface area contributed by atoms with Crippen molar-refractivity contribution in [3.63, 3.8) is 0 Å². The number of amides is 1. The van der Waals surface area contributed by atoms with Crippen molar-refractivity contribution < 1.29 is 13.2 Å². The second kappa shape index (κ2) is 4.66. The lowest BCUT2D eigenvalue weighted by Crippen LogP contribution is -2.23. The first-order valence-corrected chi connectivity index (χ1v) is 7.43. The molecule has 6 heteroatoms. The van der Waals surface area contributed by atoms with Gasteiger partial charge in [0.1, 0.15) is 0 Å². The van der Waals surface area contributed by atoms with Gasteiger partial charge in [-0.25, -0.2) is 8.42 Å². The monoisotopic (exact) mass is 273 g/mol. The molecule has 17 heavy (non-hydrogen) atoms. The van der Waals surface area contributed by atoms with Crippen LogP contribution in [0.25, 0.3) is 0 Å². The van der Waals surface area contributed by atoms with Gasteiger partial charge in [-0.1, -0.05) is 11.6 Å². The zero-order chi connectivity index (χ0) is 12.5. The summed E-state index contributed by atoms with van der Waals surface area (Å²) in [6.07, 6.45) is 0.405. The zero-order valence-corrected chi connectivity index (χ0v) is 10.6. The third kappa shape index (κ3) is 3.20. The van der Waals surface area contributed by atoms with Crippen LogP contribution in [0.4, 0.5) is 5.69 Å². The number of halogens is 1. The van der Waals surface area contributed by atoms with Gasteiger partial charge in [-0.2, -0.15) is 0 Å². The number of sulfone groups is 1. The summed E-state index contributed by atoms with van der Waals surface area (Å²) in [7, 11) is -3.02. The first kappa shape index (κ1) is 12.4. The molecule has 0 spiro atoms. The molecule has 4 nitrogen and oxygen atoms in total. The average Bonchev–Trinajstić information content (AvgIpc) is 2.62. The Morgan fingerprint density at radius 1 is 1.29 bits per heavy atom. The van der Waals surface area contributed by atoms with Crippen LogP contribution in [0.3, 0.4) is 0 Å². The standard InChI is InChI=1S/C11H12ClNO3S/c12-9-1-3-10(4-2-9)13-11(14)8-5-6-17(15,16)7-8/h1-4,8H,5-7H2,(H,13,14)/t8-/m0/s1. The third-order valence-corrected chi connectivity index (χ3v) is 4.73. The van der Waals surface area contributed by atoms with Gasteiger partial charge in [0.05, 0.1) is 17.4 Å². The van der Waals surface area contributed by atoms with Gasteiger partial charge in [0.15, 0.2) is 9.84 Å². The van der Waals surface area contributed by atoms with Crippen molar-refractivity contribution in [1.82, 2.24) is 0 Å². The lowest BCUT2D eigenvalue weighted by atomic mass is 10.1. The fourth-order valence-electron chi connectivity index (χ4n) is 1.78. The van der Waals surface area contributed by atoms with Crippen molar-refractivity contribution in [3.8, 4) is 0 Å². The highest BCUT2D eigenvalue weighted by Gasteiger charge is 2.32. The van der Waals surface area contributed by atoms with Crippen molar-refractivity contribution >= 4 is 33.0 Å². The number of carbonyl (C=O) groups excluding carboxylic acids is 1. The molecule has 0 saturated carbocycles. The quantitative estimate of drug-likeness (QED) is 0.892. The summed E-state index contributed by atoms with van der Waals surface area (Å²) in [6.45, 7) is 0. The van der Waals surface area contributed by atoms with E-state index in [1.54, 1.807) is 24.3 Å². The summed E-state index contributed by atoms with van der Waals surface area (Å²) in [5.74, 6) is -0.623. The summed E-state index contributed by atoms with van der Waals surface area (Å²) >= 11 is 5.72. The van der Waals surface area contributed by atoms with Gasteiger partial charge in [0.25, 0.3) is 0 Å². The van der Waals surface area contributed by atoms with Crippen molar-refractivity contribution in [2.24, 2.45) is 5.92 Å². The molecular formula is C11H12ClNO3S. The van der Waals surface area contributed by atoms with E-state index in [0.717, 1.165) is 0 Å². The Morgan fingerprint density at radius 3 is 2.47 bits per heavy atom. The molecule has 0 radical (unpaired) electrons. The molecule has 1 atom stereocenters. The molecule has 0 bridgehead atoms. The van der Waals surface area contributed by atoms with Gasteiger partial charge in [0, 0.05) is 10.7 Å². The Labute approximate surface area is 105 Å². The summed E-state index contributed by atoms with van der Waals surface area (Å²) in [6, 6.07) is 6.71. The number of anilines is 1. The van der Waals surface area contributed by atoms with Gasteiger partial charge >= 0.3 is 0 Å². The van der Waals surface area contributed by atoms with Crippen LogP contribution in [-0.2, 0) is 14.6 Å². The minimum Gasteiger partial charge on any atom is -0.326 e. The number of benzene rings is 1. The number of rotatable bonds is 2. The molecule has 92 valence electrons. The van der Waals surface area contributed by atoms with Gasteiger partial charge in [0.2, 0.25) is 5.91 Å². The molecule has 2 rings (SSSR count). The van der Waals surface area contributed by atoms with Crippen LogP contribution in [-0.4, -0.2) is 25.8 Å². The predicted octanol–water partition coefficient (Wildman–Crippen LogP) is 1.71. The summed E-state index contributed by atoms with van der Waals surface area (Å²) < 4.78 is 22.5. The smallest absolute Gasteiger partial charge is 0.228 e. The molecule has 0 aliphatic carbocycles. The number of carbonyl (C=O) groups is 1. The van der Waals surface area contributed by atoms with Crippen LogP contribution < -0.4 is 5.32 Å². The predicted molar refractivity (Wildman–Crippen MR) is 66.8 cm³/mol. The molecule has 1 aliphatic heterocycles. The van der Waals surface area contributed by atoms with Crippen LogP contribution in [0.15, 0.2) is 24.3 Å². The summed E-state index contributed by atoms with van der Waals surface area (Å²) in [5.41, 5.74) is 0.628. The largest absolute Gasteiger partial charge is 0.326 e. The Kier molecular flexibility index (Phi) is 3.40. The maximum Gasteiger partial charge on any atom is 0.228 e. The molecule has 1 heterocycles. The highest BCUT2D eigenvalue weighted by atomic mass is 35.5. The first-order chi connectivity index (χ1) is 7.96. The molecule has 1 aliphatic rings. The second-order valence-corrected chi connectivity index (χ2v) is 6.76. The molecule has 0 unspecified atom stereocenters. The number of nitrogens with one attached hydrogen (secondary N) is 1. The lowest BCUT2D eigenvalue weighted by molar-refractivity contribution is -0.119. The minimum atomic E-state index is -3.02. The van der Waals surface area contributed by atoms with E-state index < -0.39 is 15.8 Å². The van der Waals surface area contributed by atoms with E-state index in [2.05, 4.69) is 5.32 Å². The van der Waals surface area contributed by atoms with E-state index in [-0.39, 0.29) is 17.4 Å². The van der Waals surface area contributed by atoms with Crippen LogP contribution in [0, 0.1) is 5.92 Å². The lowest BCUT2D eigenvalue weighted by Gasteiger charge is -2.09. The van der Waals surface area contributed by atoms with E-state index in [0.29, 0.717) is 17.1 Å². The highest BCUT2D eigenvalue weighted by Crippen LogP contribution is 2.21. The molecule has 1 aromatic rings. The zero-order valence-electron chi connectivity index (χ0n) is 9.02. The van der Waals surface area contributed by atoms with Crippen molar-refractivity contribution in [2.45, 2.75) is 6.42 Å². The Balaban J connectivity index is 2.01. The van der Waals surface area contributed by atoms with Crippen LogP contribution >= 0.6 is 11.6 Å². The van der Waals surface area contributed by atoms with Crippen molar-refractivity contribution in [2.75, 3.05) is 16.8 Å². The fraction of sp³-hybridized carbons (Fsp3) is 0.364. The van der Waals surface area contributed by atoms with Gasteiger partial charge in [-0.15, -0.1) is 0 Å². The molecule has 1 amide bonds. The van der Waals surface area contributed by atoms with E-state index >= 15 is 0 Å². The Hall–Kier alpha value is -1.07. The van der Waals surface area contributed by atoms with E-state index in [9.17, 15) is 13.2 Å². The van der Waals surface area contributed by atoms with Gasteiger partial charge < -0.3 is 5.32 Å². The van der Waals surface area contributed by atoms with E-state index in [4.69, 9.17) is 11.6 Å².